The molecule has 0 amide bonds. The minimum absolute atomic E-state index is 0.144. The van der Waals surface area contributed by atoms with E-state index in [1.165, 1.54) is 0 Å². The van der Waals surface area contributed by atoms with Crippen molar-refractivity contribution in [2.75, 3.05) is 27.4 Å². The number of halogens is 3. The van der Waals surface area contributed by atoms with Gasteiger partial charge in [0.2, 0.25) is 5.88 Å². The number of hydrogen-bond donors (Lipinski definition) is 2. The number of thiazole rings is 1. The molecule has 0 unspecified atom stereocenters. The highest BCUT2D eigenvalue weighted by Crippen LogP contribution is 2.29. The van der Waals surface area contributed by atoms with Crippen molar-refractivity contribution in [2.45, 2.75) is 19.3 Å². The second kappa shape index (κ2) is 10.1. The molecule has 0 aromatic carbocycles. The van der Waals surface area contributed by atoms with Gasteiger partial charge in [-0.3, -0.25) is 4.99 Å². The Bertz CT molecular complexity index is 734. The molecule has 7 nitrogen and oxygen atoms in total. The van der Waals surface area contributed by atoms with E-state index in [0.29, 0.717) is 36.6 Å². The molecule has 0 bridgehead atoms. The fraction of sp³-hybridized carbons (Fsp3) is 0.438. The van der Waals surface area contributed by atoms with Gasteiger partial charge in [-0.1, -0.05) is 6.07 Å². The van der Waals surface area contributed by atoms with Gasteiger partial charge in [0.05, 0.1) is 13.2 Å². The first-order valence-corrected chi connectivity index (χ1v) is 8.83. The van der Waals surface area contributed by atoms with E-state index in [2.05, 4.69) is 25.6 Å². The highest BCUT2D eigenvalue weighted by Gasteiger charge is 2.33. The molecule has 0 aliphatic carbocycles. The average molecular weight is 403 g/mol. The van der Waals surface area contributed by atoms with Crippen molar-refractivity contribution in [2.24, 2.45) is 4.99 Å². The summed E-state index contributed by atoms with van der Waals surface area (Å²) in [5.41, 5.74) is 0.0109. The number of alkyl halides is 3. The van der Waals surface area contributed by atoms with Crippen LogP contribution < -0.4 is 15.4 Å². The van der Waals surface area contributed by atoms with Crippen LogP contribution in [0.2, 0.25) is 0 Å². The van der Waals surface area contributed by atoms with Gasteiger partial charge in [-0.2, -0.15) is 13.2 Å². The van der Waals surface area contributed by atoms with Crippen LogP contribution in [0.4, 0.5) is 13.2 Å². The van der Waals surface area contributed by atoms with E-state index in [9.17, 15) is 13.2 Å². The zero-order valence-corrected chi connectivity index (χ0v) is 15.7. The molecule has 2 aromatic rings. The number of nitrogens with zero attached hydrogens (tertiary/aromatic N) is 3. The lowest BCUT2D eigenvalue weighted by atomic mass is 10.3. The van der Waals surface area contributed by atoms with Gasteiger partial charge in [0.1, 0.15) is 11.6 Å². The fourth-order valence-corrected chi connectivity index (χ4v) is 2.66. The SMILES string of the molecule is CN=C(NCc1ccc(OCCOC)nc1)NCc1nc(C(F)(F)F)cs1. The van der Waals surface area contributed by atoms with Crippen molar-refractivity contribution >= 4 is 17.3 Å². The number of aliphatic imine (C=N–C) groups is 1. The van der Waals surface area contributed by atoms with Crippen molar-refractivity contribution < 1.29 is 22.6 Å². The molecule has 2 aromatic heterocycles. The number of aromatic nitrogens is 2. The van der Waals surface area contributed by atoms with Gasteiger partial charge >= 0.3 is 6.18 Å². The van der Waals surface area contributed by atoms with Crippen LogP contribution >= 0.6 is 11.3 Å². The molecule has 0 atom stereocenters. The molecule has 0 saturated heterocycles. The van der Waals surface area contributed by atoms with Crippen molar-refractivity contribution in [3.63, 3.8) is 0 Å². The van der Waals surface area contributed by atoms with Crippen LogP contribution in [0.15, 0.2) is 28.7 Å². The van der Waals surface area contributed by atoms with E-state index in [4.69, 9.17) is 9.47 Å². The number of guanidine groups is 1. The Labute approximate surface area is 158 Å². The third kappa shape index (κ3) is 7.02. The Morgan fingerprint density at radius 1 is 1.22 bits per heavy atom. The number of ether oxygens (including phenoxy) is 2. The zero-order chi connectivity index (χ0) is 19.7. The third-order valence-corrected chi connectivity index (χ3v) is 4.12. The van der Waals surface area contributed by atoms with Crippen LogP contribution in [0.1, 0.15) is 16.3 Å². The Morgan fingerprint density at radius 3 is 2.59 bits per heavy atom. The first-order chi connectivity index (χ1) is 12.9. The summed E-state index contributed by atoms with van der Waals surface area (Å²) in [6, 6.07) is 3.60. The van der Waals surface area contributed by atoms with Crippen LogP contribution in [-0.2, 0) is 24.0 Å². The molecule has 2 heterocycles. The van der Waals surface area contributed by atoms with Gasteiger partial charge in [-0.25, -0.2) is 9.97 Å². The van der Waals surface area contributed by atoms with Crippen LogP contribution in [0, 0.1) is 0 Å². The van der Waals surface area contributed by atoms with Gasteiger partial charge in [0.25, 0.3) is 0 Å². The molecule has 148 valence electrons. The van der Waals surface area contributed by atoms with Gasteiger partial charge in [0.15, 0.2) is 11.7 Å². The summed E-state index contributed by atoms with van der Waals surface area (Å²) in [4.78, 5) is 11.8. The lowest BCUT2D eigenvalue weighted by Crippen LogP contribution is -2.36. The second-order valence-electron chi connectivity index (χ2n) is 5.25. The summed E-state index contributed by atoms with van der Waals surface area (Å²) < 4.78 is 47.9. The third-order valence-electron chi connectivity index (χ3n) is 3.27. The predicted molar refractivity (Wildman–Crippen MR) is 95.8 cm³/mol. The molecule has 0 radical (unpaired) electrons. The quantitative estimate of drug-likeness (QED) is 0.400. The summed E-state index contributed by atoms with van der Waals surface area (Å²) >= 11 is 0.944. The summed E-state index contributed by atoms with van der Waals surface area (Å²) in [7, 11) is 3.17. The van der Waals surface area contributed by atoms with Gasteiger partial charge in [-0.05, 0) is 5.56 Å². The first kappa shape index (κ1) is 20.9. The van der Waals surface area contributed by atoms with Crippen molar-refractivity contribution in [3.05, 3.63) is 40.0 Å². The maximum atomic E-state index is 12.6. The standard InChI is InChI=1S/C16H20F3N5O2S/c1-20-15(23-9-14-24-12(10-27-14)16(17,18)19)22-8-11-3-4-13(21-7-11)26-6-5-25-2/h3-4,7,10H,5-6,8-9H2,1-2H3,(H2,20,22,23). The van der Waals surface area contributed by atoms with E-state index < -0.39 is 11.9 Å². The maximum absolute atomic E-state index is 12.6. The second-order valence-corrected chi connectivity index (χ2v) is 6.19. The lowest BCUT2D eigenvalue weighted by Gasteiger charge is -2.11. The molecule has 0 spiro atoms. The summed E-state index contributed by atoms with van der Waals surface area (Å²) in [6.07, 6.45) is -2.76. The lowest BCUT2D eigenvalue weighted by molar-refractivity contribution is -0.140. The minimum Gasteiger partial charge on any atom is -0.475 e. The summed E-state index contributed by atoms with van der Waals surface area (Å²) in [5.74, 6) is 0.946. The first-order valence-electron chi connectivity index (χ1n) is 7.95. The van der Waals surface area contributed by atoms with Crippen molar-refractivity contribution in [1.29, 1.82) is 0 Å². The number of hydrogen-bond acceptors (Lipinski definition) is 6. The molecule has 27 heavy (non-hydrogen) atoms. The van der Waals surface area contributed by atoms with E-state index in [1.807, 2.05) is 6.07 Å². The zero-order valence-electron chi connectivity index (χ0n) is 14.8. The Morgan fingerprint density at radius 2 is 2.00 bits per heavy atom. The normalized spacial score (nSPS) is 12.1. The number of pyridine rings is 1. The van der Waals surface area contributed by atoms with Crippen LogP contribution in [0.3, 0.4) is 0 Å². The molecular formula is C16H20F3N5O2S. The van der Waals surface area contributed by atoms with E-state index in [-0.39, 0.29) is 6.54 Å². The molecule has 2 N–H and O–H groups in total. The average Bonchev–Trinajstić information content (AvgIpc) is 3.13. The Balaban J connectivity index is 1.79. The van der Waals surface area contributed by atoms with E-state index in [0.717, 1.165) is 22.3 Å². The van der Waals surface area contributed by atoms with E-state index >= 15 is 0 Å². The highest BCUT2D eigenvalue weighted by atomic mass is 32.1. The molecule has 0 fully saturated rings. The number of nitrogens with one attached hydrogen (secondary N) is 2. The molecule has 0 aliphatic heterocycles. The van der Waals surface area contributed by atoms with Gasteiger partial charge in [-0.15, -0.1) is 11.3 Å². The van der Waals surface area contributed by atoms with Gasteiger partial charge < -0.3 is 20.1 Å². The summed E-state index contributed by atoms with van der Waals surface area (Å²) in [5, 5.41) is 7.30. The van der Waals surface area contributed by atoms with Crippen molar-refractivity contribution in [3.8, 4) is 5.88 Å². The predicted octanol–water partition coefficient (Wildman–Crippen LogP) is 2.45. The largest absolute Gasteiger partial charge is 0.475 e. The fourth-order valence-electron chi connectivity index (χ4n) is 1.92. The highest BCUT2D eigenvalue weighted by molar-refractivity contribution is 7.09. The Kier molecular flexibility index (Phi) is 7.80. The topological polar surface area (TPSA) is 80.7 Å². The maximum Gasteiger partial charge on any atom is 0.434 e. The summed E-state index contributed by atoms with van der Waals surface area (Å²) in [6.45, 7) is 1.49. The minimum atomic E-state index is -4.43. The van der Waals surface area contributed by atoms with Crippen LogP contribution in [-0.4, -0.2) is 43.3 Å². The van der Waals surface area contributed by atoms with Crippen LogP contribution in [0.25, 0.3) is 0 Å². The number of methoxy groups -OCH3 is 1. The monoisotopic (exact) mass is 403 g/mol. The van der Waals surface area contributed by atoms with Crippen molar-refractivity contribution in [1.82, 2.24) is 20.6 Å². The molecule has 0 saturated carbocycles. The molecule has 0 aliphatic rings. The molecule has 11 heteroatoms. The van der Waals surface area contributed by atoms with Crippen LogP contribution in [0.5, 0.6) is 5.88 Å². The van der Waals surface area contributed by atoms with Gasteiger partial charge in [0, 0.05) is 38.3 Å². The Hall–Kier alpha value is -2.40. The smallest absolute Gasteiger partial charge is 0.434 e. The molecular weight excluding hydrogens is 383 g/mol. The molecule has 2 rings (SSSR count). The van der Waals surface area contributed by atoms with E-state index in [1.54, 1.807) is 26.4 Å². The number of rotatable bonds is 8.